The highest BCUT2D eigenvalue weighted by atomic mass is 32.2. The molecule has 0 saturated carbocycles. The number of aromatic nitrogens is 4. The molecule has 7 heteroatoms. The number of H-pyrrole nitrogens is 1. The van der Waals surface area contributed by atoms with Crippen LogP contribution in [0.3, 0.4) is 0 Å². The highest BCUT2D eigenvalue weighted by Gasteiger charge is 2.07. The first-order valence-electron chi connectivity index (χ1n) is 2.48. The van der Waals surface area contributed by atoms with Crippen LogP contribution in [0.25, 0.3) is 0 Å². The van der Waals surface area contributed by atoms with E-state index < -0.39 is 9.84 Å². The highest BCUT2D eigenvalue weighted by molar-refractivity contribution is 7.89. The number of nitrogens with one attached hydrogen (secondary N) is 1. The summed E-state index contributed by atoms with van der Waals surface area (Å²) in [6.07, 6.45) is 1.11. The van der Waals surface area contributed by atoms with Gasteiger partial charge < -0.3 is 0 Å². The second-order valence-electron chi connectivity index (χ2n) is 1.90. The number of hydrogen-bond acceptors (Lipinski definition) is 5. The molecule has 1 rings (SSSR count). The minimum absolute atomic E-state index is 0.163. The summed E-state index contributed by atoms with van der Waals surface area (Å²) in [5.41, 5.74) is 0. The summed E-state index contributed by atoms with van der Waals surface area (Å²) < 4.78 is 21.2. The number of aromatic amines is 1. The van der Waals surface area contributed by atoms with Crippen molar-refractivity contribution in [2.75, 3.05) is 6.26 Å². The lowest BCUT2D eigenvalue weighted by molar-refractivity contribution is 0.599. The van der Waals surface area contributed by atoms with E-state index in [1.165, 1.54) is 0 Å². The van der Waals surface area contributed by atoms with Crippen LogP contribution in [0.15, 0.2) is 0 Å². The maximum absolute atomic E-state index is 10.6. The van der Waals surface area contributed by atoms with Gasteiger partial charge in [0.05, 0.1) is 0 Å². The van der Waals surface area contributed by atoms with Gasteiger partial charge in [0.25, 0.3) is 0 Å². The molecule has 0 spiro atoms. The topological polar surface area (TPSA) is 88.6 Å². The van der Waals surface area contributed by atoms with Crippen LogP contribution in [0, 0.1) is 0 Å². The summed E-state index contributed by atoms with van der Waals surface area (Å²) in [7, 11) is -3.03. The molecule has 0 aliphatic rings. The third-order valence-corrected chi connectivity index (χ3v) is 1.56. The van der Waals surface area contributed by atoms with Crippen molar-refractivity contribution in [3.63, 3.8) is 0 Å². The lowest BCUT2D eigenvalue weighted by atomic mass is 10.8. The van der Waals surface area contributed by atoms with Gasteiger partial charge in [0.15, 0.2) is 15.7 Å². The first kappa shape index (κ1) is 7.13. The number of tetrazole rings is 1. The molecular formula is C3H6N4O2S. The van der Waals surface area contributed by atoms with E-state index in [9.17, 15) is 8.42 Å². The van der Waals surface area contributed by atoms with Gasteiger partial charge in [-0.3, -0.25) is 0 Å². The zero-order valence-electron chi connectivity index (χ0n) is 5.27. The predicted octanol–water partition coefficient (Wildman–Crippen LogP) is -1.26. The molecule has 0 saturated heterocycles. The Morgan fingerprint density at radius 2 is 2.30 bits per heavy atom. The third kappa shape index (κ3) is 2.09. The van der Waals surface area contributed by atoms with E-state index in [0.29, 0.717) is 0 Å². The normalized spacial score (nSPS) is 11.7. The number of rotatable bonds is 2. The Hall–Kier alpha value is -0.980. The van der Waals surface area contributed by atoms with Crippen LogP contribution < -0.4 is 0 Å². The molecule has 0 atom stereocenters. The smallest absolute Gasteiger partial charge is 0.189 e. The molecule has 1 N–H and O–H groups in total. The van der Waals surface area contributed by atoms with E-state index in [2.05, 4.69) is 20.6 Å². The molecule has 1 heterocycles. The van der Waals surface area contributed by atoms with E-state index in [0.717, 1.165) is 6.26 Å². The van der Waals surface area contributed by atoms with Crippen molar-refractivity contribution >= 4 is 9.84 Å². The van der Waals surface area contributed by atoms with E-state index in [1.807, 2.05) is 0 Å². The molecule has 0 aliphatic carbocycles. The van der Waals surface area contributed by atoms with Gasteiger partial charge in [0, 0.05) is 6.26 Å². The molecule has 10 heavy (non-hydrogen) atoms. The number of hydrogen-bond donors (Lipinski definition) is 1. The second kappa shape index (κ2) is 2.33. The van der Waals surface area contributed by atoms with E-state index in [4.69, 9.17) is 0 Å². The van der Waals surface area contributed by atoms with Gasteiger partial charge in [-0.05, 0) is 0 Å². The summed E-state index contributed by atoms with van der Waals surface area (Å²) in [6.45, 7) is 0. The van der Waals surface area contributed by atoms with Crippen LogP contribution in [0.2, 0.25) is 0 Å². The number of sulfone groups is 1. The van der Waals surface area contributed by atoms with E-state index in [-0.39, 0.29) is 11.6 Å². The van der Waals surface area contributed by atoms with Crippen molar-refractivity contribution in [2.24, 2.45) is 0 Å². The summed E-state index contributed by atoms with van der Waals surface area (Å²) in [6, 6.07) is 0. The van der Waals surface area contributed by atoms with Gasteiger partial charge in [0.2, 0.25) is 0 Å². The van der Waals surface area contributed by atoms with Crippen molar-refractivity contribution in [1.82, 2.24) is 20.6 Å². The van der Waals surface area contributed by atoms with Crippen molar-refractivity contribution in [1.29, 1.82) is 0 Å². The van der Waals surface area contributed by atoms with Gasteiger partial charge in [-0.25, -0.2) is 8.42 Å². The SMILES string of the molecule is CS(=O)(=O)Cc1nn[nH]n1. The second-order valence-corrected chi connectivity index (χ2v) is 4.04. The minimum atomic E-state index is -3.03. The fraction of sp³-hybridized carbons (Fsp3) is 0.667. The predicted molar refractivity (Wildman–Crippen MR) is 32.7 cm³/mol. The van der Waals surface area contributed by atoms with Gasteiger partial charge in [-0.15, -0.1) is 10.2 Å². The van der Waals surface area contributed by atoms with Gasteiger partial charge >= 0.3 is 0 Å². The zero-order chi connectivity index (χ0) is 7.61. The van der Waals surface area contributed by atoms with Gasteiger partial charge in [-0.1, -0.05) is 5.21 Å². The van der Waals surface area contributed by atoms with Gasteiger partial charge in [0.1, 0.15) is 5.75 Å². The molecule has 1 aromatic heterocycles. The summed E-state index contributed by atoms with van der Waals surface area (Å²) in [5, 5.41) is 12.3. The molecule has 1 aromatic rings. The zero-order valence-corrected chi connectivity index (χ0v) is 6.09. The molecule has 0 bridgehead atoms. The quantitative estimate of drug-likeness (QED) is 0.586. The maximum Gasteiger partial charge on any atom is 0.189 e. The lowest BCUT2D eigenvalue weighted by Crippen LogP contribution is -2.02. The van der Waals surface area contributed by atoms with Crippen LogP contribution in [-0.2, 0) is 15.6 Å². The largest absolute Gasteiger partial charge is 0.229 e. The Labute approximate surface area is 57.6 Å². The molecule has 0 unspecified atom stereocenters. The Morgan fingerprint density at radius 3 is 2.70 bits per heavy atom. The first-order valence-corrected chi connectivity index (χ1v) is 4.54. The Kier molecular flexibility index (Phi) is 1.66. The standard InChI is InChI=1S/C3H6N4O2S/c1-10(8,9)2-3-4-6-7-5-3/h2H2,1H3,(H,4,5,6,7). The molecular weight excluding hydrogens is 156 g/mol. The van der Waals surface area contributed by atoms with Crippen molar-refractivity contribution in [3.8, 4) is 0 Å². The average Bonchev–Trinajstić information content (AvgIpc) is 2.12. The maximum atomic E-state index is 10.6. The van der Waals surface area contributed by atoms with Crippen LogP contribution >= 0.6 is 0 Å². The summed E-state index contributed by atoms with van der Waals surface area (Å²) in [4.78, 5) is 0. The van der Waals surface area contributed by atoms with Crippen molar-refractivity contribution < 1.29 is 8.42 Å². The Balaban J connectivity index is 2.75. The molecule has 0 radical (unpaired) electrons. The number of nitrogens with zero attached hydrogens (tertiary/aromatic N) is 3. The molecule has 0 aromatic carbocycles. The van der Waals surface area contributed by atoms with Gasteiger partial charge in [-0.2, -0.15) is 5.21 Å². The lowest BCUT2D eigenvalue weighted by Gasteiger charge is -1.87. The van der Waals surface area contributed by atoms with Crippen LogP contribution in [0.4, 0.5) is 0 Å². The first-order chi connectivity index (χ1) is 4.58. The summed E-state index contributed by atoms with van der Waals surface area (Å²) in [5.74, 6) is 0.0336. The molecule has 0 fully saturated rings. The van der Waals surface area contributed by atoms with E-state index in [1.54, 1.807) is 0 Å². The summed E-state index contributed by atoms with van der Waals surface area (Å²) >= 11 is 0. The molecule has 6 nitrogen and oxygen atoms in total. The van der Waals surface area contributed by atoms with Crippen LogP contribution in [0.5, 0.6) is 0 Å². The molecule has 0 aliphatic heterocycles. The third-order valence-electron chi connectivity index (χ3n) is 0.780. The average molecular weight is 162 g/mol. The van der Waals surface area contributed by atoms with Crippen molar-refractivity contribution in [3.05, 3.63) is 5.82 Å². The fourth-order valence-corrected chi connectivity index (χ4v) is 1.07. The van der Waals surface area contributed by atoms with Crippen LogP contribution in [0.1, 0.15) is 5.82 Å². The molecule has 0 amide bonds. The molecule has 56 valence electrons. The van der Waals surface area contributed by atoms with E-state index >= 15 is 0 Å². The Morgan fingerprint density at radius 1 is 1.60 bits per heavy atom. The highest BCUT2D eigenvalue weighted by Crippen LogP contribution is 1.92. The monoisotopic (exact) mass is 162 g/mol. The fourth-order valence-electron chi connectivity index (χ4n) is 0.478. The Bertz CT molecular complexity index is 288. The minimum Gasteiger partial charge on any atom is -0.229 e. The van der Waals surface area contributed by atoms with Crippen molar-refractivity contribution in [2.45, 2.75) is 5.75 Å². The van der Waals surface area contributed by atoms with Crippen LogP contribution in [-0.4, -0.2) is 35.3 Å².